The predicted octanol–water partition coefficient (Wildman–Crippen LogP) is 5.33. The van der Waals surface area contributed by atoms with E-state index in [1.807, 2.05) is 24.3 Å². The standard InChI is InChI=1S/C25H28FN3O5S2/c1-15(2)16-8-10-29(11-9-16)18-6-4-17(5-7-18)24-27-23(14-35-24)36(32,33)28-21-13-20(26)19(25(30)31)12-22(21)34-3/h4-7,12-16,28H,8-11H2,1-3H3,(H,30,31). The molecule has 1 aliphatic rings. The van der Waals surface area contributed by atoms with E-state index in [1.54, 1.807) is 0 Å². The largest absolute Gasteiger partial charge is 0.495 e. The van der Waals surface area contributed by atoms with Crippen molar-refractivity contribution in [2.45, 2.75) is 31.7 Å². The van der Waals surface area contributed by atoms with Crippen LogP contribution in [-0.4, -0.2) is 44.7 Å². The van der Waals surface area contributed by atoms with Gasteiger partial charge in [0.15, 0.2) is 5.03 Å². The molecule has 2 heterocycles. The fraction of sp³-hybridized carbons (Fsp3) is 0.360. The minimum absolute atomic E-state index is 0.124. The van der Waals surface area contributed by atoms with Crippen molar-refractivity contribution in [3.8, 4) is 16.3 Å². The third-order valence-corrected chi connectivity index (χ3v) is 8.77. The van der Waals surface area contributed by atoms with Gasteiger partial charge < -0.3 is 14.7 Å². The first-order valence-electron chi connectivity index (χ1n) is 11.5. The van der Waals surface area contributed by atoms with Crippen molar-refractivity contribution in [3.05, 3.63) is 53.2 Å². The molecule has 0 spiro atoms. The van der Waals surface area contributed by atoms with Crippen LogP contribution < -0.4 is 14.4 Å². The highest BCUT2D eigenvalue weighted by molar-refractivity contribution is 7.92. The molecule has 0 saturated carbocycles. The molecule has 4 rings (SSSR count). The topological polar surface area (TPSA) is 109 Å². The van der Waals surface area contributed by atoms with E-state index in [4.69, 9.17) is 9.84 Å². The number of nitrogens with one attached hydrogen (secondary N) is 1. The second kappa shape index (κ2) is 10.4. The van der Waals surface area contributed by atoms with Crippen molar-refractivity contribution in [2.24, 2.45) is 11.8 Å². The molecule has 1 aromatic heterocycles. The summed E-state index contributed by atoms with van der Waals surface area (Å²) in [5.74, 6) is -1.25. The third kappa shape index (κ3) is 5.46. The van der Waals surface area contributed by atoms with Crippen LogP contribution in [0.1, 0.15) is 37.0 Å². The van der Waals surface area contributed by atoms with Crippen molar-refractivity contribution in [1.82, 2.24) is 4.98 Å². The van der Waals surface area contributed by atoms with Gasteiger partial charge in [-0.05, 0) is 55.0 Å². The predicted molar refractivity (Wildman–Crippen MR) is 138 cm³/mol. The number of carbonyl (C=O) groups is 1. The van der Waals surface area contributed by atoms with Crippen LogP contribution in [-0.2, 0) is 10.0 Å². The number of sulfonamides is 1. The Bertz CT molecular complexity index is 1350. The summed E-state index contributed by atoms with van der Waals surface area (Å²) in [6.45, 7) is 6.59. The smallest absolute Gasteiger partial charge is 0.338 e. The Kier molecular flexibility index (Phi) is 7.51. The lowest BCUT2D eigenvalue weighted by Crippen LogP contribution is -2.35. The minimum atomic E-state index is -4.17. The van der Waals surface area contributed by atoms with Gasteiger partial charge in [-0.3, -0.25) is 4.72 Å². The maximum Gasteiger partial charge on any atom is 0.338 e. The van der Waals surface area contributed by atoms with Crippen molar-refractivity contribution < 1.29 is 27.4 Å². The number of rotatable bonds is 8. The molecule has 11 heteroatoms. The molecule has 0 bridgehead atoms. The Hall–Kier alpha value is -3.18. The molecule has 2 aromatic carbocycles. The van der Waals surface area contributed by atoms with Crippen molar-refractivity contribution in [3.63, 3.8) is 0 Å². The highest BCUT2D eigenvalue weighted by atomic mass is 32.2. The summed E-state index contributed by atoms with van der Waals surface area (Å²) in [5.41, 5.74) is 1.07. The third-order valence-electron chi connectivity index (χ3n) is 6.48. The minimum Gasteiger partial charge on any atom is -0.495 e. The fourth-order valence-corrected chi connectivity index (χ4v) is 6.48. The molecule has 1 fully saturated rings. The van der Waals surface area contributed by atoms with Crippen LogP contribution in [0.5, 0.6) is 5.75 Å². The molecule has 36 heavy (non-hydrogen) atoms. The summed E-state index contributed by atoms with van der Waals surface area (Å²) >= 11 is 1.18. The zero-order valence-corrected chi connectivity index (χ0v) is 21.8. The Balaban J connectivity index is 1.50. The van der Waals surface area contributed by atoms with Gasteiger partial charge in [0.2, 0.25) is 0 Å². The highest BCUT2D eigenvalue weighted by Crippen LogP contribution is 2.33. The number of hydrogen-bond acceptors (Lipinski definition) is 7. The lowest BCUT2D eigenvalue weighted by molar-refractivity contribution is 0.0691. The summed E-state index contributed by atoms with van der Waals surface area (Å²) in [7, 11) is -2.94. The van der Waals surface area contributed by atoms with E-state index < -0.39 is 27.4 Å². The van der Waals surface area contributed by atoms with Crippen molar-refractivity contribution in [1.29, 1.82) is 0 Å². The van der Waals surface area contributed by atoms with Gasteiger partial charge in [-0.1, -0.05) is 13.8 Å². The number of benzene rings is 2. The number of nitrogens with zero attached hydrogens (tertiary/aromatic N) is 2. The zero-order valence-electron chi connectivity index (χ0n) is 20.2. The van der Waals surface area contributed by atoms with Crippen LogP contribution in [0.3, 0.4) is 0 Å². The second-order valence-electron chi connectivity index (χ2n) is 9.05. The Labute approximate surface area is 213 Å². The van der Waals surface area contributed by atoms with Gasteiger partial charge in [0.05, 0.1) is 18.4 Å². The zero-order chi connectivity index (χ0) is 26.0. The number of thiazole rings is 1. The van der Waals surface area contributed by atoms with Crippen LogP contribution >= 0.6 is 11.3 Å². The molecule has 0 amide bonds. The monoisotopic (exact) mass is 533 g/mol. The number of aromatic carboxylic acids is 1. The number of ether oxygens (including phenoxy) is 1. The first-order valence-corrected chi connectivity index (χ1v) is 13.9. The van der Waals surface area contributed by atoms with Gasteiger partial charge in [0.1, 0.15) is 16.6 Å². The maximum absolute atomic E-state index is 14.2. The molecule has 2 N–H and O–H groups in total. The number of methoxy groups -OCH3 is 1. The van der Waals surface area contributed by atoms with E-state index in [0.29, 0.717) is 10.9 Å². The van der Waals surface area contributed by atoms with Crippen molar-refractivity contribution >= 4 is 38.7 Å². The molecule has 0 atom stereocenters. The van der Waals surface area contributed by atoms with E-state index in [1.165, 1.54) is 36.7 Å². The van der Waals surface area contributed by atoms with Crippen LogP contribution in [0.15, 0.2) is 46.8 Å². The molecule has 1 saturated heterocycles. The van der Waals surface area contributed by atoms with Crippen LogP contribution in [0, 0.1) is 17.7 Å². The number of piperidine rings is 1. The SMILES string of the molecule is COc1cc(C(=O)O)c(F)cc1NS(=O)(=O)c1csc(-c2ccc(N3CCC(C(C)C)CC3)cc2)n1. The normalized spacial score (nSPS) is 14.8. The Morgan fingerprint density at radius 3 is 2.47 bits per heavy atom. The summed E-state index contributed by atoms with van der Waals surface area (Å²) in [6.07, 6.45) is 2.35. The Morgan fingerprint density at radius 1 is 1.22 bits per heavy atom. The van der Waals surface area contributed by atoms with Crippen molar-refractivity contribution in [2.75, 3.05) is 29.8 Å². The van der Waals surface area contributed by atoms with Crippen LogP contribution in [0.2, 0.25) is 0 Å². The number of halogens is 1. The number of hydrogen-bond donors (Lipinski definition) is 2. The second-order valence-corrected chi connectivity index (χ2v) is 11.5. The summed E-state index contributed by atoms with van der Waals surface area (Å²) < 4.78 is 47.3. The van der Waals surface area contributed by atoms with Gasteiger partial charge >= 0.3 is 5.97 Å². The van der Waals surface area contributed by atoms with E-state index in [0.717, 1.165) is 42.4 Å². The van der Waals surface area contributed by atoms with Crippen LogP contribution in [0.4, 0.5) is 15.8 Å². The van der Waals surface area contributed by atoms with E-state index in [2.05, 4.69) is 28.5 Å². The molecule has 1 aliphatic heterocycles. The Morgan fingerprint density at radius 2 is 1.89 bits per heavy atom. The van der Waals surface area contributed by atoms with E-state index in [9.17, 15) is 17.6 Å². The maximum atomic E-state index is 14.2. The van der Waals surface area contributed by atoms with Crippen LogP contribution in [0.25, 0.3) is 10.6 Å². The molecular weight excluding hydrogens is 505 g/mol. The number of anilines is 2. The average molecular weight is 534 g/mol. The molecule has 8 nitrogen and oxygen atoms in total. The fourth-order valence-electron chi connectivity index (χ4n) is 4.32. The lowest BCUT2D eigenvalue weighted by atomic mass is 9.86. The quantitative estimate of drug-likeness (QED) is 0.403. The highest BCUT2D eigenvalue weighted by Gasteiger charge is 2.24. The molecule has 0 unspecified atom stereocenters. The van der Waals surface area contributed by atoms with Gasteiger partial charge in [0.25, 0.3) is 10.0 Å². The molecular formula is C25H28FN3O5S2. The number of carboxylic acids is 1. The van der Waals surface area contributed by atoms with Gasteiger partial charge in [-0.25, -0.2) is 14.2 Å². The molecule has 3 aromatic rings. The summed E-state index contributed by atoms with van der Waals surface area (Å²) in [4.78, 5) is 17.8. The summed E-state index contributed by atoms with van der Waals surface area (Å²) in [5, 5.41) is 10.8. The van der Waals surface area contributed by atoms with E-state index >= 15 is 0 Å². The number of carboxylic acid groups (broad SMARTS) is 1. The number of aromatic nitrogens is 1. The first kappa shape index (κ1) is 25.9. The first-order chi connectivity index (χ1) is 17.1. The molecule has 0 aliphatic carbocycles. The van der Waals surface area contributed by atoms with Gasteiger partial charge in [-0.15, -0.1) is 11.3 Å². The van der Waals surface area contributed by atoms with E-state index in [-0.39, 0.29) is 16.5 Å². The van der Waals surface area contributed by atoms with Gasteiger partial charge in [0, 0.05) is 35.8 Å². The lowest BCUT2D eigenvalue weighted by Gasteiger charge is -2.35. The van der Waals surface area contributed by atoms with Gasteiger partial charge in [-0.2, -0.15) is 8.42 Å². The molecule has 192 valence electrons. The average Bonchev–Trinajstić information content (AvgIpc) is 3.35. The summed E-state index contributed by atoms with van der Waals surface area (Å²) in [6, 6.07) is 9.60. The molecule has 0 radical (unpaired) electrons.